The van der Waals surface area contributed by atoms with E-state index in [-0.39, 0.29) is 0 Å². The van der Waals surface area contributed by atoms with Crippen molar-refractivity contribution < 1.29 is 4.79 Å². The van der Waals surface area contributed by atoms with E-state index in [1.54, 1.807) is 0 Å². The fraction of sp³-hybridized carbons (Fsp3) is 0.875. The molecule has 0 aromatic heterocycles. The first-order valence-corrected chi connectivity index (χ1v) is 3.95. The van der Waals surface area contributed by atoms with E-state index < -0.39 is 0 Å². The lowest BCUT2D eigenvalue weighted by Gasteiger charge is -2.26. The first-order valence-electron chi connectivity index (χ1n) is 3.95. The van der Waals surface area contributed by atoms with E-state index in [9.17, 15) is 4.79 Å². The Morgan fingerprint density at radius 1 is 1.70 bits per heavy atom. The van der Waals surface area contributed by atoms with Crippen LogP contribution in [0.25, 0.3) is 0 Å². The molecular weight excluding hydrogens is 126 g/mol. The van der Waals surface area contributed by atoms with Crippen LogP contribution in [-0.4, -0.2) is 12.3 Å². The van der Waals surface area contributed by atoms with Crippen LogP contribution in [0.15, 0.2) is 0 Å². The molecule has 0 heterocycles. The van der Waals surface area contributed by atoms with Crippen molar-refractivity contribution in [3.63, 3.8) is 0 Å². The Hall–Kier alpha value is -0.370. The molecule has 2 nitrogen and oxygen atoms in total. The SMILES string of the molecule is C[C@@H]1CC(=O)CC[C@@H]1CN. The Kier molecular flexibility index (Phi) is 2.44. The van der Waals surface area contributed by atoms with Gasteiger partial charge in [-0.15, -0.1) is 0 Å². The van der Waals surface area contributed by atoms with Gasteiger partial charge in [-0.05, 0) is 24.8 Å². The van der Waals surface area contributed by atoms with Gasteiger partial charge in [0.2, 0.25) is 0 Å². The second-order valence-electron chi connectivity index (χ2n) is 3.25. The van der Waals surface area contributed by atoms with Crippen molar-refractivity contribution in [3.05, 3.63) is 0 Å². The van der Waals surface area contributed by atoms with Gasteiger partial charge in [-0.3, -0.25) is 4.79 Å². The van der Waals surface area contributed by atoms with E-state index >= 15 is 0 Å². The van der Waals surface area contributed by atoms with Crippen molar-refractivity contribution in [2.45, 2.75) is 26.2 Å². The molecule has 1 saturated carbocycles. The van der Waals surface area contributed by atoms with Crippen LogP contribution in [0.1, 0.15) is 26.2 Å². The highest BCUT2D eigenvalue weighted by Gasteiger charge is 2.24. The molecule has 0 spiro atoms. The summed E-state index contributed by atoms with van der Waals surface area (Å²) < 4.78 is 0. The molecule has 0 saturated heterocycles. The zero-order chi connectivity index (χ0) is 7.56. The van der Waals surface area contributed by atoms with Gasteiger partial charge in [0.1, 0.15) is 5.78 Å². The van der Waals surface area contributed by atoms with Crippen LogP contribution < -0.4 is 5.73 Å². The van der Waals surface area contributed by atoms with Crippen molar-refractivity contribution >= 4 is 5.78 Å². The zero-order valence-electron chi connectivity index (χ0n) is 6.47. The summed E-state index contributed by atoms with van der Waals surface area (Å²) in [4.78, 5) is 10.9. The summed E-state index contributed by atoms with van der Waals surface area (Å²) in [7, 11) is 0. The highest BCUT2D eigenvalue weighted by atomic mass is 16.1. The molecule has 10 heavy (non-hydrogen) atoms. The molecule has 1 fully saturated rings. The molecule has 1 aliphatic rings. The minimum atomic E-state index is 0.414. The Morgan fingerprint density at radius 2 is 2.40 bits per heavy atom. The molecule has 2 heteroatoms. The molecule has 2 N–H and O–H groups in total. The highest BCUT2D eigenvalue weighted by molar-refractivity contribution is 5.79. The van der Waals surface area contributed by atoms with Crippen LogP contribution in [0.3, 0.4) is 0 Å². The van der Waals surface area contributed by atoms with Crippen LogP contribution in [0, 0.1) is 11.8 Å². The number of nitrogens with two attached hydrogens (primary N) is 1. The summed E-state index contributed by atoms with van der Waals surface area (Å²) in [6.07, 6.45) is 2.52. The van der Waals surface area contributed by atoms with E-state index in [1.807, 2.05) is 0 Å². The van der Waals surface area contributed by atoms with E-state index in [4.69, 9.17) is 5.73 Å². The van der Waals surface area contributed by atoms with Gasteiger partial charge in [0, 0.05) is 12.8 Å². The van der Waals surface area contributed by atoms with Crippen molar-refractivity contribution in [3.8, 4) is 0 Å². The van der Waals surface area contributed by atoms with Crippen molar-refractivity contribution in [1.82, 2.24) is 0 Å². The molecule has 0 aliphatic heterocycles. The number of hydrogen-bond acceptors (Lipinski definition) is 2. The summed E-state index contributed by atoms with van der Waals surface area (Å²) in [6, 6.07) is 0. The summed E-state index contributed by atoms with van der Waals surface area (Å²) in [5, 5.41) is 0. The van der Waals surface area contributed by atoms with Crippen molar-refractivity contribution in [2.75, 3.05) is 6.54 Å². The molecule has 58 valence electrons. The summed E-state index contributed by atoms with van der Waals surface area (Å²) in [5.74, 6) is 1.53. The zero-order valence-corrected chi connectivity index (χ0v) is 6.47. The Labute approximate surface area is 61.8 Å². The Balaban J connectivity index is 2.43. The second-order valence-corrected chi connectivity index (χ2v) is 3.25. The normalized spacial score (nSPS) is 34.4. The second kappa shape index (κ2) is 3.15. The molecule has 0 bridgehead atoms. The monoisotopic (exact) mass is 141 g/mol. The predicted molar refractivity (Wildman–Crippen MR) is 40.6 cm³/mol. The maximum Gasteiger partial charge on any atom is 0.133 e. The van der Waals surface area contributed by atoms with Crippen LogP contribution in [0.2, 0.25) is 0 Å². The first-order chi connectivity index (χ1) is 4.74. The smallest absolute Gasteiger partial charge is 0.133 e. The third-order valence-corrected chi connectivity index (χ3v) is 2.45. The van der Waals surface area contributed by atoms with Crippen LogP contribution >= 0.6 is 0 Å². The largest absolute Gasteiger partial charge is 0.330 e. The number of rotatable bonds is 1. The molecular formula is C8H15NO. The minimum Gasteiger partial charge on any atom is -0.330 e. The van der Waals surface area contributed by atoms with Gasteiger partial charge in [0.15, 0.2) is 0 Å². The maximum absolute atomic E-state index is 10.9. The third-order valence-electron chi connectivity index (χ3n) is 2.45. The number of ketones is 1. The van der Waals surface area contributed by atoms with Gasteiger partial charge < -0.3 is 5.73 Å². The van der Waals surface area contributed by atoms with Gasteiger partial charge in [0.05, 0.1) is 0 Å². The van der Waals surface area contributed by atoms with Gasteiger partial charge >= 0.3 is 0 Å². The van der Waals surface area contributed by atoms with Gasteiger partial charge in [-0.25, -0.2) is 0 Å². The van der Waals surface area contributed by atoms with Gasteiger partial charge in [-0.2, -0.15) is 0 Å². The summed E-state index contributed by atoms with van der Waals surface area (Å²) >= 11 is 0. The fourth-order valence-electron chi connectivity index (χ4n) is 1.61. The first kappa shape index (κ1) is 7.73. The average Bonchev–Trinajstić information content (AvgIpc) is 1.88. The lowest BCUT2D eigenvalue weighted by atomic mass is 9.80. The van der Waals surface area contributed by atoms with E-state index in [0.29, 0.717) is 17.6 Å². The molecule has 2 atom stereocenters. The molecule has 1 rings (SSSR count). The van der Waals surface area contributed by atoms with Crippen LogP contribution in [0.5, 0.6) is 0 Å². The quantitative estimate of drug-likeness (QED) is 0.590. The van der Waals surface area contributed by atoms with Crippen molar-refractivity contribution in [1.29, 1.82) is 0 Å². The summed E-state index contributed by atoms with van der Waals surface area (Å²) in [5.41, 5.74) is 5.53. The van der Waals surface area contributed by atoms with E-state index in [2.05, 4.69) is 6.92 Å². The Bertz CT molecular complexity index is 133. The maximum atomic E-state index is 10.9. The molecule has 0 radical (unpaired) electrons. The Morgan fingerprint density at radius 3 is 2.90 bits per heavy atom. The van der Waals surface area contributed by atoms with E-state index in [1.165, 1.54) is 0 Å². The van der Waals surface area contributed by atoms with Crippen LogP contribution in [0.4, 0.5) is 0 Å². The highest BCUT2D eigenvalue weighted by Crippen LogP contribution is 2.26. The standard InChI is InChI=1S/C8H15NO/c1-6-4-8(10)3-2-7(6)5-9/h6-7H,2-5,9H2,1H3/t6-,7-/m1/s1. The topological polar surface area (TPSA) is 43.1 Å². The van der Waals surface area contributed by atoms with Gasteiger partial charge in [0.25, 0.3) is 0 Å². The average molecular weight is 141 g/mol. The molecule has 0 amide bonds. The number of hydrogen-bond donors (Lipinski definition) is 1. The number of carbonyl (C=O) groups excluding carboxylic acids is 1. The third kappa shape index (κ3) is 1.57. The lowest BCUT2D eigenvalue weighted by Crippen LogP contribution is -2.28. The van der Waals surface area contributed by atoms with E-state index in [0.717, 1.165) is 25.8 Å². The number of carbonyl (C=O) groups is 1. The molecule has 0 aromatic rings. The summed E-state index contributed by atoms with van der Waals surface area (Å²) in [6.45, 7) is 2.86. The molecule has 0 aromatic carbocycles. The molecule has 1 aliphatic carbocycles. The fourth-order valence-corrected chi connectivity index (χ4v) is 1.61. The number of Topliss-reactive ketones (excluding diaryl/α,β-unsaturated/α-hetero) is 1. The minimum absolute atomic E-state index is 0.414. The van der Waals surface area contributed by atoms with Crippen LogP contribution in [-0.2, 0) is 4.79 Å². The predicted octanol–water partition coefficient (Wildman–Crippen LogP) is 0.950. The van der Waals surface area contributed by atoms with Gasteiger partial charge in [-0.1, -0.05) is 6.92 Å². The lowest BCUT2D eigenvalue weighted by molar-refractivity contribution is -0.122. The van der Waals surface area contributed by atoms with Crippen molar-refractivity contribution in [2.24, 2.45) is 17.6 Å². The molecule has 0 unspecified atom stereocenters.